The molecule has 0 aliphatic rings. The van der Waals surface area contributed by atoms with E-state index in [1.54, 1.807) is 12.5 Å². The maximum atomic E-state index is 5.43. The number of imidazole rings is 1. The Morgan fingerprint density at radius 2 is 1.84 bits per heavy atom. The average molecular weight is 256 g/mol. The molecule has 0 saturated carbocycles. The summed E-state index contributed by atoms with van der Waals surface area (Å²) in [7, 11) is 0. The topological polar surface area (TPSA) is 148 Å². The van der Waals surface area contributed by atoms with Crippen LogP contribution in [0, 0.1) is 0 Å². The van der Waals surface area contributed by atoms with Crippen LogP contribution in [0.3, 0.4) is 0 Å². The maximum Gasteiger partial charge on any atom is 0.206 e. The summed E-state index contributed by atoms with van der Waals surface area (Å²) < 4.78 is 0. The molecule has 0 aliphatic carbocycles. The Morgan fingerprint density at radius 3 is 2.68 bits per heavy atom. The van der Waals surface area contributed by atoms with Gasteiger partial charge in [-0.3, -0.25) is 0 Å². The minimum atomic E-state index is 0.346. The first-order valence-corrected chi connectivity index (χ1v) is 5.20. The van der Waals surface area contributed by atoms with E-state index < -0.39 is 0 Å². The number of fused-ring (bicyclic) bond motifs is 2. The molecule has 0 saturated heterocycles. The molecule has 0 unspecified atom stereocenters. The van der Waals surface area contributed by atoms with Crippen LogP contribution in [0.1, 0.15) is 0 Å². The van der Waals surface area contributed by atoms with Crippen molar-refractivity contribution in [3.05, 3.63) is 25.2 Å². The normalized spacial score (nSPS) is 10.3. The maximum absolute atomic E-state index is 5.43. The molecule has 19 heavy (non-hydrogen) atoms. The van der Waals surface area contributed by atoms with Crippen LogP contribution in [0.25, 0.3) is 22.3 Å². The van der Waals surface area contributed by atoms with Gasteiger partial charge in [0, 0.05) is 0 Å². The lowest BCUT2D eigenvalue weighted by Crippen LogP contribution is -1.91. The molecule has 0 aromatic carbocycles. The number of nitrogens with zero attached hydrogens (tertiary/aromatic N) is 7. The Bertz CT molecular complexity index is 772. The molecule has 0 aliphatic heterocycles. The number of nitrogens with one attached hydrogen (secondary N) is 2. The van der Waals surface area contributed by atoms with Crippen LogP contribution in [0.15, 0.2) is 25.2 Å². The predicted molar refractivity (Wildman–Crippen MR) is 65.6 cm³/mol. The van der Waals surface area contributed by atoms with Crippen LogP contribution in [0.4, 0.5) is 5.82 Å². The zero-order valence-corrected chi connectivity index (χ0v) is 9.52. The number of H-pyrrole nitrogens is 2. The minimum absolute atomic E-state index is 0.346. The van der Waals surface area contributed by atoms with Gasteiger partial charge in [-0.05, 0) is 0 Å². The Hall–Kier alpha value is -3.17. The van der Waals surface area contributed by atoms with Crippen LogP contribution >= 0.6 is 0 Å². The van der Waals surface area contributed by atoms with Gasteiger partial charge in [-0.25, -0.2) is 24.9 Å². The van der Waals surface area contributed by atoms with Crippen molar-refractivity contribution in [1.82, 2.24) is 45.3 Å². The summed E-state index contributed by atoms with van der Waals surface area (Å²) in [5.74, 6) is 0.346. The molecular weight excluding hydrogens is 248 g/mol. The zero-order valence-electron chi connectivity index (χ0n) is 9.52. The molecule has 0 atom stereocenters. The highest BCUT2D eigenvalue weighted by Crippen LogP contribution is 2.07. The van der Waals surface area contributed by atoms with Crippen molar-refractivity contribution >= 4 is 28.1 Å². The van der Waals surface area contributed by atoms with Gasteiger partial charge in [0.05, 0.1) is 12.5 Å². The Labute approximate surface area is 105 Å². The van der Waals surface area contributed by atoms with Crippen molar-refractivity contribution < 1.29 is 0 Å². The molecule has 10 heteroatoms. The summed E-state index contributed by atoms with van der Waals surface area (Å²) in [6.07, 6.45) is 6.11. The first-order valence-electron chi connectivity index (χ1n) is 5.20. The van der Waals surface area contributed by atoms with E-state index in [0.29, 0.717) is 22.6 Å². The molecule has 4 aromatic heterocycles. The third-order valence-electron chi connectivity index (χ3n) is 2.25. The molecule has 4 N–H and O–H groups in total. The minimum Gasteiger partial charge on any atom is -0.382 e. The quantitative estimate of drug-likeness (QED) is 0.387. The monoisotopic (exact) mass is 256 g/mol. The summed E-state index contributed by atoms with van der Waals surface area (Å²) in [5, 5.41) is 9.84. The highest BCUT2D eigenvalue weighted by Gasteiger charge is 2.01. The van der Waals surface area contributed by atoms with Gasteiger partial charge in [0.15, 0.2) is 17.0 Å². The standard InChI is InChI=1S/C5H4N4.C4H4N6/c1-4-5(8-2-6-1)9-3-7-4;5-3-2-4(7-1-6-3)9-10-8-2/h1-3H,(H,6,7,8,9);1H,(H3,5,6,7,8,9,10). The van der Waals surface area contributed by atoms with Crippen LogP contribution in [-0.4, -0.2) is 45.3 Å². The number of aromatic amines is 2. The summed E-state index contributed by atoms with van der Waals surface area (Å²) in [6.45, 7) is 0. The fourth-order valence-electron chi connectivity index (χ4n) is 1.38. The Balaban J connectivity index is 0.000000117. The van der Waals surface area contributed by atoms with Crippen molar-refractivity contribution in [2.24, 2.45) is 0 Å². The average Bonchev–Trinajstić information content (AvgIpc) is 3.08. The largest absolute Gasteiger partial charge is 0.382 e. The summed E-state index contributed by atoms with van der Waals surface area (Å²) in [5.41, 5.74) is 8.02. The van der Waals surface area contributed by atoms with E-state index in [9.17, 15) is 0 Å². The van der Waals surface area contributed by atoms with E-state index in [1.165, 1.54) is 12.7 Å². The number of rotatable bonds is 0. The molecule has 0 amide bonds. The van der Waals surface area contributed by atoms with E-state index in [4.69, 9.17) is 5.73 Å². The molecule has 0 spiro atoms. The molecule has 4 aromatic rings. The van der Waals surface area contributed by atoms with Gasteiger partial charge in [0.1, 0.15) is 18.2 Å². The lowest BCUT2D eigenvalue weighted by Gasteiger charge is -1.86. The highest BCUT2D eigenvalue weighted by atomic mass is 15.3. The van der Waals surface area contributed by atoms with Gasteiger partial charge in [-0.15, -0.1) is 5.10 Å². The summed E-state index contributed by atoms with van der Waals surface area (Å²) in [4.78, 5) is 22.0. The van der Waals surface area contributed by atoms with Crippen molar-refractivity contribution in [1.29, 1.82) is 0 Å². The Morgan fingerprint density at radius 1 is 0.947 bits per heavy atom. The van der Waals surface area contributed by atoms with E-state index in [-0.39, 0.29) is 0 Å². The van der Waals surface area contributed by atoms with E-state index in [2.05, 4.69) is 45.3 Å². The van der Waals surface area contributed by atoms with E-state index >= 15 is 0 Å². The van der Waals surface area contributed by atoms with Crippen molar-refractivity contribution in [2.45, 2.75) is 0 Å². The summed E-state index contributed by atoms with van der Waals surface area (Å²) in [6, 6.07) is 0. The van der Waals surface area contributed by atoms with Gasteiger partial charge in [-0.1, -0.05) is 0 Å². The Kier molecular flexibility index (Phi) is 2.65. The summed E-state index contributed by atoms with van der Waals surface area (Å²) >= 11 is 0. The molecule has 10 nitrogen and oxygen atoms in total. The SMILES string of the molecule is Nc1ncnc2n[nH]nc12.c1ncc2[nH]cnc2n1. The van der Waals surface area contributed by atoms with Gasteiger partial charge < -0.3 is 10.7 Å². The number of anilines is 1. The number of hydrogen-bond donors (Lipinski definition) is 3. The molecule has 94 valence electrons. The predicted octanol–water partition coefficient (Wildman–Crippen LogP) is -0.317. The lowest BCUT2D eigenvalue weighted by molar-refractivity contribution is 0.954. The number of nitrogens with two attached hydrogens (primary N) is 1. The van der Waals surface area contributed by atoms with Crippen molar-refractivity contribution in [2.75, 3.05) is 5.73 Å². The van der Waals surface area contributed by atoms with Crippen molar-refractivity contribution in [3.63, 3.8) is 0 Å². The van der Waals surface area contributed by atoms with Crippen molar-refractivity contribution in [3.8, 4) is 0 Å². The second-order valence-electron chi connectivity index (χ2n) is 3.42. The van der Waals surface area contributed by atoms with E-state index in [1.807, 2.05) is 0 Å². The zero-order chi connectivity index (χ0) is 13.1. The third-order valence-corrected chi connectivity index (χ3v) is 2.25. The van der Waals surface area contributed by atoms with Crippen LogP contribution in [0.2, 0.25) is 0 Å². The number of hydrogen-bond acceptors (Lipinski definition) is 8. The van der Waals surface area contributed by atoms with Gasteiger partial charge in [-0.2, -0.15) is 10.3 Å². The van der Waals surface area contributed by atoms with Crippen LogP contribution in [0.5, 0.6) is 0 Å². The fourth-order valence-corrected chi connectivity index (χ4v) is 1.38. The number of nitrogen functional groups attached to an aromatic ring is 1. The van der Waals surface area contributed by atoms with Gasteiger partial charge in [0.25, 0.3) is 0 Å². The lowest BCUT2D eigenvalue weighted by atomic mass is 10.5. The van der Waals surface area contributed by atoms with Gasteiger partial charge >= 0.3 is 0 Å². The molecule has 0 radical (unpaired) electrons. The second kappa shape index (κ2) is 4.60. The van der Waals surface area contributed by atoms with Crippen LogP contribution in [-0.2, 0) is 0 Å². The molecule has 4 rings (SSSR count). The first kappa shape index (κ1) is 11.0. The van der Waals surface area contributed by atoms with Gasteiger partial charge in [0.2, 0.25) is 5.65 Å². The third kappa shape index (κ3) is 2.13. The van der Waals surface area contributed by atoms with E-state index in [0.717, 1.165) is 5.52 Å². The molecular formula is C9H8N10. The molecule has 0 bridgehead atoms. The first-order chi connectivity index (χ1) is 9.34. The second-order valence-corrected chi connectivity index (χ2v) is 3.42. The molecule has 0 fully saturated rings. The molecule has 4 heterocycles. The smallest absolute Gasteiger partial charge is 0.206 e. The van der Waals surface area contributed by atoms with Crippen LogP contribution < -0.4 is 5.73 Å². The number of aromatic nitrogens is 9. The fraction of sp³-hybridized carbons (Fsp3) is 0. The highest BCUT2D eigenvalue weighted by molar-refractivity contribution is 5.79.